The molecule has 0 fully saturated rings. The summed E-state index contributed by atoms with van der Waals surface area (Å²) in [7, 11) is 0. The van der Waals surface area contributed by atoms with Crippen molar-refractivity contribution >= 4 is 28.3 Å². The summed E-state index contributed by atoms with van der Waals surface area (Å²) in [5.74, 6) is 0.653. The van der Waals surface area contributed by atoms with Gasteiger partial charge in [0, 0.05) is 30.8 Å². The fourth-order valence-corrected chi connectivity index (χ4v) is 2.94. The van der Waals surface area contributed by atoms with Gasteiger partial charge in [-0.3, -0.25) is 9.36 Å². The first kappa shape index (κ1) is 13.0. The molecule has 0 unspecified atom stereocenters. The predicted molar refractivity (Wildman–Crippen MR) is 83.0 cm³/mol. The third kappa shape index (κ3) is 1.89. The van der Waals surface area contributed by atoms with Crippen LogP contribution in [0.2, 0.25) is 0 Å². The molecule has 2 aliphatic rings. The number of amides is 1. The summed E-state index contributed by atoms with van der Waals surface area (Å²) in [6.07, 6.45) is 0.583. The zero-order chi connectivity index (χ0) is 15.3. The third-order valence-corrected chi connectivity index (χ3v) is 4.18. The van der Waals surface area contributed by atoms with E-state index in [1.807, 2.05) is 25.1 Å². The van der Waals surface area contributed by atoms with Crippen molar-refractivity contribution in [2.24, 2.45) is 11.0 Å². The molecule has 1 aromatic carbocycles. The highest BCUT2D eigenvalue weighted by atomic mass is 16.2. The van der Waals surface area contributed by atoms with Crippen LogP contribution in [-0.2, 0) is 11.3 Å². The Hall–Kier alpha value is -2.70. The van der Waals surface area contributed by atoms with Crippen LogP contribution >= 0.6 is 0 Å². The zero-order valence-electron chi connectivity index (χ0n) is 12.1. The van der Waals surface area contributed by atoms with Crippen LogP contribution in [-0.4, -0.2) is 27.7 Å². The predicted octanol–water partition coefficient (Wildman–Crippen LogP) is 0.682. The number of carbonyl (C=O) groups is 1. The molecule has 2 N–H and O–H groups in total. The Kier molecular flexibility index (Phi) is 2.75. The van der Waals surface area contributed by atoms with E-state index in [2.05, 4.69) is 20.8 Å². The Labute approximate surface area is 126 Å². The van der Waals surface area contributed by atoms with E-state index >= 15 is 0 Å². The lowest BCUT2D eigenvalue weighted by molar-refractivity contribution is -0.124. The summed E-state index contributed by atoms with van der Waals surface area (Å²) >= 11 is 0. The van der Waals surface area contributed by atoms with Crippen molar-refractivity contribution < 1.29 is 4.79 Å². The Morgan fingerprint density at radius 3 is 3.00 bits per heavy atom. The Morgan fingerprint density at radius 2 is 2.18 bits per heavy atom. The molecule has 0 spiro atoms. The van der Waals surface area contributed by atoms with Crippen LogP contribution in [0.3, 0.4) is 0 Å². The number of nitrogens with zero attached hydrogens (tertiary/aromatic N) is 3. The van der Waals surface area contributed by atoms with Crippen molar-refractivity contribution in [3.8, 4) is 0 Å². The molecule has 1 aromatic heterocycles. The van der Waals surface area contributed by atoms with Gasteiger partial charge < -0.3 is 5.32 Å². The quantitative estimate of drug-likeness (QED) is 0.810. The van der Waals surface area contributed by atoms with E-state index in [1.165, 1.54) is 0 Å². The van der Waals surface area contributed by atoms with Crippen LogP contribution in [0.25, 0.3) is 10.9 Å². The lowest BCUT2D eigenvalue weighted by Gasteiger charge is -2.18. The van der Waals surface area contributed by atoms with Crippen molar-refractivity contribution in [2.45, 2.75) is 19.9 Å². The largest absolute Gasteiger partial charge is 0.369 e. The Balaban J connectivity index is 1.84. The highest BCUT2D eigenvalue weighted by Gasteiger charge is 2.22. The van der Waals surface area contributed by atoms with Crippen LogP contribution < -0.4 is 16.4 Å². The molecule has 22 heavy (non-hydrogen) atoms. The average Bonchev–Trinajstić information content (AvgIpc) is 3.00. The molecule has 3 heterocycles. The number of nitrogens with one attached hydrogen (secondary N) is 2. The van der Waals surface area contributed by atoms with Crippen molar-refractivity contribution in [3.63, 3.8) is 0 Å². The van der Waals surface area contributed by atoms with Gasteiger partial charge in [0.25, 0.3) is 0 Å². The van der Waals surface area contributed by atoms with Gasteiger partial charge in [0.1, 0.15) is 5.82 Å². The first-order chi connectivity index (χ1) is 10.6. The number of hydrogen-bond donors (Lipinski definition) is 2. The van der Waals surface area contributed by atoms with Gasteiger partial charge in [-0.15, -0.1) is 0 Å². The van der Waals surface area contributed by atoms with E-state index < -0.39 is 0 Å². The van der Waals surface area contributed by atoms with Crippen LogP contribution in [0, 0.1) is 5.92 Å². The van der Waals surface area contributed by atoms with E-state index in [-0.39, 0.29) is 17.5 Å². The van der Waals surface area contributed by atoms with Gasteiger partial charge in [-0.25, -0.2) is 10.2 Å². The molecular weight excluding hydrogens is 282 g/mol. The lowest BCUT2D eigenvalue weighted by atomic mass is 9.96. The van der Waals surface area contributed by atoms with Crippen molar-refractivity contribution in [1.82, 2.24) is 15.0 Å². The highest BCUT2D eigenvalue weighted by molar-refractivity contribution is 6.07. The molecule has 0 radical (unpaired) electrons. The fourth-order valence-electron chi connectivity index (χ4n) is 2.94. The molecule has 1 atom stereocenters. The number of rotatable bonds is 1. The van der Waals surface area contributed by atoms with Crippen LogP contribution in [0.5, 0.6) is 0 Å². The summed E-state index contributed by atoms with van der Waals surface area (Å²) in [4.78, 5) is 27.7. The van der Waals surface area contributed by atoms with Crippen molar-refractivity contribution in [1.29, 1.82) is 0 Å². The number of carbonyl (C=O) groups excluding carboxylic acids is 1. The smallest absolute Gasteiger partial charge is 0.349 e. The van der Waals surface area contributed by atoms with Crippen LogP contribution in [0.15, 0.2) is 28.1 Å². The number of hydrogen-bond acceptors (Lipinski definition) is 5. The minimum atomic E-state index is -0.239. The van der Waals surface area contributed by atoms with E-state index in [4.69, 9.17) is 0 Å². The third-order valence-electron chi connectivity index (χ3n) is 4.18. The maximum atomic E-state index is 12.0. The van der Waals surface area contributed by atoms with Gasteiger partial charge in [-0.2, -0.15) is 10.1 Å². The first-order valence-corrected chi connectivity index (χ1v) is 7.29. The average molecular weight is 297 g/mol. The SMILES string of the molecule is C[C@H]1CC(c2ccc3c4n(c(=O)nc3c2)CCN4)=NNC1=O. The standard InChI is InChI=1S/C15H15N5O2/c1-8-6-11(18-19-14(8)21)9-2-3-10-12(7-9)17-15(22)20-5-4-16-13(10)20/h2-3,7-8,16H,4-6H2,1H3,(H,19,21)/t8-/m0/s1. The number of anilines is 1. The molecule has 0 saturated heterocycles. The second kappa shape index (κ2) is 4.66. The van der Waals surface area contributed by atoms with Crippen LogP contribution in [0.4, 0.5) is 5.82 Å². The van der Waals surface area contributed by atoms with Gasteiger partial charge in [0.05, 0.1) is 11.2 Å². The molecule has 7 nitrogen and oxygen atoms in total. The topological polar surface area (TPSA) is 88.4 Å². The summed E-state index contributed by atoms with van der Waals surface area (Å²) in [6, 6.07) is 5.77. The van der Waals surface area contributed by atoms with Gasteiger partial charge in [-0.1, -0.05) is 13.0 Å². The maximum Gasteiger partial charge on any atom is 0.349 e. The Morgan fingerprint density at radius 1 is 1.32 bits per heavy atom. The van der Waals surface area contributed by atoms with E-state index in [0.717, 1.165) is 29.0 Å². The number of aromatic nitrogens is 2. The maximum absolute atomic E-state index is 12.0. The fraction of sp³-hybridized carbons (Fsp3) is 0.333. The molecule has 112 valence electrons. The molecule has 2 aliphatic heterocycles. The minimum Gasteiger partial charge on any atom is -0.369 e. The van der Waals surface area contributed by atoms with Gasteiger partial charge in [-0.05, 0) is 17.7 Å². The molecule has 0 aliphatic carbocycles. The second-order valence-corrected chi connectivity index (χ2v) is 5.69. The van der Waals surface area contributed by atoms with E-state index in [9.17, 15) is 9.59 Å². The van der Waals surface area contributed by atoms with E-state index in [1.54, 1.807) is 4.57 Å². The zero-order valence-corrected chi connectivity index (χ0v) is 12.1. The minimum absolute atomic E-state index is 0.0667. The van der Waals surface area contributed by atoms with Crippen molar-refractivity contribution in [3.05, 3.63) is 34.2 Å². The molecule has 7 heteroatoms. The lowest BCUT2D eigenvalue weighted by Crippen LogP contribution is -2.33. The first-order valence-electron chi connectivity index (χ1n) is 7.29. The number of hydrazone groups is 1. The summed E-state index contributed by atoms with van der Waals surface area (Å²) < 4.78 is 1.66. The molecule has 0 saturated carbocycles. The second-order valence-electron chi connectivity index (χ2n) is 5.69. The highest BCUT2D eigenvalue weighted by Crippen LogP contribution is 2.25. The summed E-state index contributed by atoms with van der Waals surface area (Å²) in [5, 5.41) is 8.28. The van der Waals surface area contributed by atoms with Crippen LogP contribution in [0.1, 0.15) is 18.9 Å². The van der Waals surface area contributed by atoms with Gasteiger partial charge in [0.15, 0.2) is 0 Å². The molecule has 4 rings (SSSR count). The summed E-state index contributed by atoms with van der Waals surface area (Å²) in [5.41, 5.74) is 4.63. The number of benzene rings is 1. The molecular formula is C15H15N5O2. The molecule has 0 bridgehead atoms. The van der Waals surface area contributed by atoms with E-state index in [0.29, 0.717) is 18.5 Å². The molecule has 2 aromatic rings. The Bertz CT molecular complexity index is 883. The normalized spacial score (nSPS) is 20.3. The summed E-state index contributed by atoms with van der Waals surface area (Å²) in [6.45, 7) is 3.26. The van der Waals surface area contributed by atoms with Gasteiger partial charge in [0.2, 0.25) is 5.91 Å². The number of fused-ring (bicyclic) bond motifs is 3. The molecule has 1 amide bonds. The van der Waals surface area contributed by atoms with Gasteiger partial charge >= 0.3 is 5.69 Å². The van der Waals surface area contributed by atoms with Crippen molar-refractivity contribution in [2.75, 3.05) is 11.9 Å². The monoisotopic (exact) mass is 297 g/mol.